The van der Waals surface area contributed by atoms with E-state index in [1.165, 1.54) is 4.90 Å². The van der Waals surface area contributed by atoms with Crippen LogP contribution >= 0.6 is 0 Å². The van der Waals surface area contributed by atoms with Crippen molar-refractivity contribution in [3.8, 4) is 0 Å². The first kappa shape index (κ1) is 12.4. The summed E-state index contributed by atoms with van der Waals surface area (Å²) in [5.74, 6) is -0.793. The first-order chi connectivity index (χ1) is 7.65. The van der Waals surface area contributed by atoms with Crippen LogP contribution in [0.1, 0.15) is 36.7 Å². The minimum Gasteiger partial charge on any atom is -0.305 e. The highest BCUT2D eigenvalue weighted by molar-refractivity contribution is 6.52. The molecule has 0 fully saturated rings. The van der Waals surface area contributed by atoms with E-state index < -0.39 is 5.91 Å². The highest BCUT2D eigenvalue weighted by atomic mass is 16.2. The van der Waals surface area contributed by atoms with Crippen molar-refractivity contribution in [1.29, 1.82) is 0 Å². The van der Waals surface area contributed by atoms with E-state index in [9.17, 15) is 9.59 Å². The Balaban J connectivity index is 0.000000606. The van der Waals surface area contributed by atoms with Gasteiger partial charge in [-0.15, -0.1) is 0 Å². The van der Waals surface area contributed by atoms with Crippen LogP contribution < -0.4 is 4.90 Å². The van der Waals surface area contributed by atoms with Gasteiger partial charge >= 0.3 is 0 Å². The Morgan fingerprint density at radius 1 is 1.19 bits per heavy atom. The second kappa shape index (κ2) is 4.92. The summed E-state index contributed by atoms with van der Waals surface area (Å²) in [7, 11) is 0. The molecule has 16 heavy (non-hydrogen) atoms. The molecular weight excluding hydrogens is 202 g/mol. The lowest BCUT2D eigenvalue weighted by Gasteiger charge is -2.12. The lowest BCUT2D eigenvalue weighted by atomic mass is 10.1. The number of amides is 1. The number of rotatable bonds is 1. The fourth-order valence-corrected chi connectivity index (χ4v) is 1.73. The van der Waals surface area contributed by atoms with Crippen LogP contribution in [0.25, 0.3) is 0 Å². The Kier molecular flexibility index (Phi) is 3.82. The molecular formula is C13H17NO2. The fraction of sp³-hybridized carbons (Fsp3) is 0.385. The first-order valence-electron chi connectivity index (χ1n) is 5.62. The van der Waals surface area contributed by atoms with Crippen molar-refractivity contribution in [2.45, 2.75) is 27.7 Å². The average molecular weight is 219 g/mol. The van der Waals surface area contributed by atoms with E-state index in [1.807, 2.05) is 39.8 Å². The molecule has 1 aromatic carbocycles. The molecule has 0 unspecified atom stereocenters. The van der Waals surface area contributed by atoms with Crippen LogP contribution in [0, 0.1) is 6.92 Å². The second-order valence-corrected chi connectivity index (χ2v) is 3.40. The van der Waals surface area contributed by atoms with Gasteiger partial charge in [0.05, 0.1) is 11.3 Å². The van der Waals surface area contributed by atoms with E-state index in [2.05, 4.69) is 0 Å². The zero-order chi connectivity index (χ0) is 12.3. The van der Waals surface area contributed by atoms with Crippen LogP contribution in [0.3, 0.4) is 0 Å². The van der Waals surface area contributed by atoms with Gasteiger partial charge in [0, 0.05) is 6.54 Å². The number of ketones is 1. The molecule has 3 heteroatoms. The predicted octanol–water partition coefficient (Wildman–Crippen LogP) is 2.57. The molecule has 0 N–H and O–H groups in total. The smallest absolute Gasteiger partial charge is 0.299 e. The van der Waals surface area contributed by atoms with Gasteiger partial charge < -0.3 is 4.90 Å². The molecule has 0 bridgehead atoms. The average Bonchev–Trinajstić information content (AvgIpc) is 2.55. The summed E-state index contributed by atoms with van der Waals surface area (Å²) in [6.45, 7) is 8.31. The van der Waals surface area contributed by atoms with E-state index >= 15 is 0 Å². The van der Waals surface area contributed by atoms with E-state index in [0.29, 0.717) is 12.1 Å². The number of fused-ring (bicyclic) bond motifs is 1. The van der Waals surface area contributed by atoms with Gasteiger partial charge in [-0.1, -0.05) is 25.5 Å². The number of aryl methyl sites for hydroxylation is 1. The molecule has 0 atom stereocenters. The van der Waals surface area contributed by atoms with Crippen LogP contribution in [-0.4, -0.2) is 18.2 Å². The summed E-state index contributed by atoms with van der Waals surface area (Å²) in [5.41, 5.74) is 2.29. The zero-order valence-corrected chi connectivity index (χ0v) is 10.2. The quantitative estimate of drug-likeness (QED) is 0.681. The number of carbonyl (C=O) groups excluding carboxylic acids is 2. The highest BCUT2D eigenvalue weighted by Gasteiger charge is 2.34. The van der Waals surface area contributed by atoms with Crippen LogP contribution in [0.2, 0.25) is 0 Å². The van der Waals surface area contributed by atoms with Crippen molar-refractivity contribution in [3.05, 3.63) is 29.3 Å². The number of anilines is 1. The maximum atomic E-state index is 11.5. The molecule has 1 aliphatic heterocycles. The normalized spacial score (nSPS) is 13.4. The van der Waals surface area contributed by atoms with Gasteiger partial charge in [0.1, 0.15) is 0 Å². The summed E-state index contributed by atoms with van der Waals surface area (Å²) in [5, 5.41) is 0. The Hall–Kier alpha value is -1.64. The third kappa shape index (κ3) is 1.85. The van der Waals surface area contributed by atoms with E-state index in [4.69, 9.17) is 0 Å². The van der Waals surface area contributed by atoms with Crippen LogP contribution in [0.4, 0.5) is 5.69 Å². The molecule has 1 aliphatic rings. The topological polar surface area (TPSA) is 37.4 Å². The molecule has 1 heterocycles. The zero-order valence-electron chi connectivity index (χ0n) is 10.2. The van der Waals surface area contributed by atoms with Gasteiger partial charge in [-0.05, 0) is 26.0 Å². The third-order valence-electron chi connectivity index (χ3n) is 2.44. The monoisotopic (exact) mass is 219 g/mol. The van der Waals surface area contributed by atoms with E-state index in [1.54, 1.807) is 6.07 Å². The number of carbonyl (C=O) groups is 2. The molecule has 1 aromatic rings. The molecule has 0 saturated heterocycles. The van der Waals surface area contributed by atoms with Crippen LogP contribution in [0.5, 0.6) is 0 Å². The molecule has 86 valence electrons. The minimum atomic E-state index is -0.409. The fourth-order valence-electron chi connectivity index (χ4n) is 1.73. The Labute approximate surface area is 96.1 Å². The Bertz CT molecular complexity index is 424. The molecule has 2 rings (SSSR count). The van der Waals surface area contributed by atoms with Crippen molar-refractivity contribution in [1.82, 2.24) is 0 Å². The van der Waals surface area contributed by atoms with Crippen LogP contribution in [0.15, 0.2) is 18.2 Å². The number of hydrogen-bond donors (Lipinski definition) is 0. The maximum Gasteiger partial charge on any atom is 0.299 e. The molecule has 0 spiro atoms. The van der Waals surface area contributed by atoms with Crippen molar-refractivity contribution >= 4 is 17.4 Å². The van der Waals surface area contributed by atoms with Crippen molar-refractivity contribution in [3.63, 3.8) is 0 Å². The van der Waals surface area contributed by atoms with Gasteiger partial charge in [0.25, 0.3) is 11.7 Å². The molecule has 0 aromatic heterocycles. The maximum absolute atomic E-state index is 11.5. The van der Waals surface area contributed by atoms with Gasteiger partial charge in [0.2, 0.25) is 0 Å². The number of benzene rings is 1. The number of nitrogens with zero attached hydrogens (tertiary/aromatic N) is 1. The Morgan fingerprint density at radius 2 is 1.81 bits per heavy atom. The molecule has 1 amide bonds. The summed E-state index contributed by atoms with van der Waals surface area (Å²) in [4.78, 5) is 24.5. The molecule has 0 radical (unpaired) electrons. The standard InChI is InChI=1S/C11H11NO2.C2H6/c1-3-12-9-5-4-7(2)6-8(9)10(13)11(12)14;1-2/h4-6H,3H2,1-2H3;1-2H3. The molecule has 3 nitrogen and oxygen atoms in total. The van der Waals surface area contributed by atoms with Crippen molar-refractivity contribution < 1.29 is 9.59 Å². The largest absolute Gasteiger partial charge is 0.305 e. The minimum absolute atomic E-state index is 0.384. The van der Waals surface area contributed by atoms with Gasteiger partial charge in [-0.3, -0.25) is 9.59 Å². The lowest BCUT2D eigenvalue weighted by Crippen LogP contribution is -2.29. The van der Waals surface area contributed by atoms with E-state index in [0.717, 1.165) is 11.3 Å². The number of likely N-dealkylation sites (N-methyl/N-ethyl adjacent to an activating group) is 1. The SMILES string of the molecule is CC.CCN1C(=O)C(=O)c2cc(C)ccc21. The third-order valence-corrected chi connectivity index (χ3v) is 2.44. The lowest BCUT2D eigenvalue weighted by molar-refractivity contribution is -0.114. The Morgan fingerprint density at radius 3 is 2.38 bits per heavy atom. The predicted molar refractivity (Wildman–Crippen MR) is 64.9 cm³/mol. The molecule has 0 saturated carbocycles. The van der Waals surface area contributed by atoms with Gasteiger partial charge in [-0.25, -0.2) is 0 Å². The summed E-state index contributed by atoms with van der Waals surface area (Å²) >= 11 is 0. The number of hydrogen-bond acceptors (Lipinski definition) is 2. The van der Waals surface area contributed by atoms with Crippen molar-refractivity contribution in [2.24, 2.45) is 0 Å². The molecule has 0 aliphatic carbocycles. The van der Waals surface area contributed by atoms with Gasteiger partial charge in [0.15, 0.2) is 0 Å². The highest BCUT2D eigenvalue weighted by Crippen LogP contribution is 2.29. The van der Waals surface area contributed by atoms with Gasteiger partial charge in [-0.2, -0.15) is 0 Å². The summed E-state index contributed by atoms with van der Waals surface area (Å²) < 4.78 is 0. The van der Waals surface area contributed by atoms with Crippen molar-refractivity contribution in [2.75, 3.05) is 11.4 Å². The van der Waals surface area contributed by atoms with E-state index in [-0.39, 0.29) is 5.78 Å². The summed E-state index contributed by atoms with van der Waals surface area (Å²) in [6, 6.07) is 5.51. The van der Waals surface area contributed by atoms with Crippen LogP contribution in [-0.2, 0) is 4.79 Å². The second-order valence-electron chi connectivity index (χ2n) is 3.40. The summed E-state index contributed by atoms with van der Waals surface area (Å²) in [6.07, 6.45) is 0. The number of Topliss-reactive ketones (excluding diaryl/α,β-unsaturated/α-hetero) is 1. The first-order valence-corrected chi connectivity index (χ1v) is 5.62.